The lowest BCUT2D eigenvalue weighted by atomic mass is 10.0. The first-order valence-corrected chi connectivity index (χ1v) is 7.91. The molecular formula is C19H22N2O2. The highest BCUT2D eigenvalue weighted by Crippen LogP contribution is 2.33. The van der Waals surface area contributed by atoms with Crippen LogP contribution in [0.5, 0.6) is 5.75 Å². The summed E-state index contributed by atoms with van der Waals surface area (Å²) in [4.78, 5) is 11.9. The zero-order chi connectivity index (χ0) is 16.4. The summed E-state index contributed by atoms with van der Waals surface area (Å²) in [7, 11) is 1.65. The zero-order valence-electron chi connectivity index (χ0n) is 13.7. The maximum atomic E-state index is 11.9. The van der Waals surface area contributed by atoms with Crippen molar-refractivity contribution in [1.82, 2.24) is 5.43 Å². The Hall–Kier alpha value is -2.49. The summed E-state index contributed by atoms with van der Waals surface area (Å²) in [5.74, 6) is 1.35. The van der Waals surface area contributed by atoms with E-state index in [-0.39, 0.29) is 11.9 Å². The number of anilines is 1. The lowest BCUT2D eigenvalue weighted by Crippen LogP contribution is -2.34. The van der Waals surface area contributed by atoms with Gasteiger partial charge in [-0.1, -0.05) is 38.1 Å². The quantitative estimate of drug-likeness (QED) is 0.934. The molecule has 0 radical (unpaired) electrons. The molecule has 4 heteroatoms. The van der Waals surface area contributed by atoms with E-state index in [4.69, 9.17) is 4.74 Å². The van der Waals surface area contributed by atoms with E-state index in [1.54, 1.807) is 7.11 Å². The number of nitrogens with zero attached hydrogens (tertiary/aromatic N) is 1. The summed E-state index contributed by atoms with van der Waals surface area (Å²) < 4.78 is 5.20. The Bertz CT molecular complexity index is 678. The number of benzene rings is 2. The number of rotatable bonds is 4. The minimum absolute atomic E-state index is 0.00157. The van der Waals surface area contributed by atoms with Gasteiger partial charge >= 0.3 is 0 Å². The third-order valence-corrected chi connectivity index (χ3v) is 4.27. The van der Waals surface area contributed by atoms with E-state index >= 15 is 0 Å². The summed E-state index contributed by atoms with van der Waals surface area (Å²) >= 11 is 0. The van der Waals surface area contributed by atoms with Crippen LogP contribution in [0.3, 0.4) is 0 Å². The maximum absolute atomic E-state index is 11.9. The van der Waals surface area contributed by atoms with Crippen LogP contribution in [0, 0.1) is 0 Å². The Balaban J connectivity index is 1.88. The van der Waals surface area contributed by atoms with Crippen LogP contribution in [0.4, 0.5) is 5.69 Å². The maximum Gasteiger partial charge on any atom is 0.241 e. The number of hydrogen-bond donors (Lipinski definition) is 1. The fourth-order valence-electron chi connectivity index (χ4n) is 2.88. The van der Waals surface area contributed by atoms with E-state index in [2.05, 4.69) is 43.5 Å². The van der Waals surface area contributed by atoms with Crippen LogP contribution in [0.1, 0.15) is 43.4 Å². The lowest BCUT2D eigenvalue weighted by Gasteiger charge is -2.26. The summed E-state index contributed by atoms with van der Waals surface area (Å²) in [5, 5.41) is 1.95. The minimum atomic E-state index is -0.00157. The first kappa shape index (κ1) is 15.4. The molecule has 0 aliphatic carbocycles. The fourth-order valence-corrected chi connectivity index (χ4v) is 2.88. The number of carbonyl (C=O) groups excluding carboxylic acids is 1. The lowest BCUT2D eigenvalue weighted by molar-refractivity contribution is -0.119. The highest BCUT2D eigenvalue weighted by Gasteiger charge is 2.31. The Kier molecular flexibility index (Phi) is 4.24. The molecule has 0 spiro atoms. The van der Waals surface area contributed by atoms with E-state index in [1.165, 1.54) is 5.56 Å². The SMILES string of the molecule is COc1ccc([C@H]2CC(=O)NN2c2ccc(C(C)C)cc2)cc1. The summed E-state index contributed by atoms with van der Waals surface area (Å²) in [6, 6.07) is 16.3. The van der Waals surface area contributed by atoms with Gasteiger partial charge in [0.15, 0.2) is 0 Å². The van der Waals surface area contributed by atoms with Gasteiger partial charge in [0.1, 0.15) is 5.75 Å². The van der Waals surface area contributed by atoms with Crippen LogP contribution in [-0.2, 0) is 4.79 Å². The number of ether oxygens (including phenoxy) is 1. The molecule has 0 aromatic heterocycles. The van der Waals surface area contributed by atoms with Gasteiger partial charge in [-0.2, -0.15) is 0 Å². The van der Waals surface area contributed by atoms with E-state index < -0.39 is 0 Å². The monoisotopic (exact) mass is 310 g/mol. The van der Waals surface area contributed by atoms with Gasteiger partial charge in [0, 0.05) is 0 Å². The average molecular weight is 310 g/mol. The molecule has 1 N–H and O–H groups in total. The first-order chi connectivity index (χ1) is 11.1. The average Bonchev–Trinajstić information content (AvgIpc) is 2.97. The molecule has 0 saturated carbocycles. The third-order valence-electron chi connectivity index (χ3n) is 4.27. The van der Waals surface area contributed by atoms with Crippen LogP contribution < -0.4 is 15.2 Å². The predicted octanol–water partition coefficient (Wildman–Crippen LogP) is 3.80. The number of methoxy groups -OCH3 is 1. The van der Waals surface area contributed by atoms with E-state index in [9.17, 15) is 4.79 Å². The van der Waals surface area contributed by atoms with E-state index in [0.717, 1.165) is 17.0 Å². The van der Waals surface area contributed by atoms with Gasteiger partial charge in [0.25, 0.3) is 0 Å². The van der Waals surface area contributed by atoms with Gasteiger partial charge in [-0.3, -0.25) is 15.2 Å². The predicted molar refractivity (Wildman–Crippen MR) is 91.5 cm³/mol. The van der Waals surface area contributed by atoms with Crippen molar-refractivity contribution in [2.45, 2.75) is 32.2 Å². The van der Waals surface area contributed by atoms with Crippen molar-refractivity contribution in [3.8, 4) is 5.75 Å². The van der Waals surface area contributed by atoms with Crippen LogP contribution in [0.15, 0.2) is 48.5 Å². The van der Waals surface area contributed by atoms with Crippen LogP contribution >= 0.6 is 0 Å². The molecule has 0 bridgehead atoms. The minimum Gasteiger partial charge on any atom is -0.497 e. The summed E-state index contributed by atoms with van der Waals surface area (Å²) in [6.45, 7) is 4.35. The molecular weight excluding hydrogens is 288 g/mol. The van der Waals surface area contributed by atoms with Crippen LogP contribution in [0.25, 0.3) is 0 Å². The van der Waals surface area contributed by atoms with Crippen molar-refractivity contribution in [2.75, 3.05) is 12.1 Å². The van der Waals surface area contributed by atoms with Gasteiger partial charge in [0.05, 0.1) is 25.3 Å². The molecule has 1 aliphatic heterocycles. The van der Waals surface area contributed by atoms with E-state index in [1.807, 2.05) is 29.3 Å². The Morgan fingerprint density at radius 3 is 2.30 bits per heavy atom. The van der Waals surface area contributed by atoms with Gasteiger partial charge < -0.3 is 4.74 Å². The smallest absolute Gasteiger partial charge is 0.241 e. The van der Waals surface area contributed by atoms with Crippen molar-refractivity contribution < 1.29 is 9.53 Å². The molecule has 1 aliphatic rings. The van der Waals surface area contributed by atoms with Gasteiger partial charge in [0.2, 0.25) is 5.91 Å². The number of hydrogen-bond acceptors (Lipinski definition) is 3. The Morgan fingerprint density at radius 2 is 1.74 bits per heavy atom. The molecule has 4 nitrogen and oxygen atoms in total. The molecule has 23 heavy (non-hydrogen) atoms. The fraction of sp³-hybridized carbons (Fsp3) is 0.316. The third kappa shape index (κ3) is 3.16. The molecule has 2 aromatic carbocycles. The number of hydrazine groups is 1. The molecule has 3 rings (SSSR count). The van der Waals surface area contributed by atoms with Crippen molar-refractivity contribution in [1.29, 1.82) is 0 Å². The normalized spacial score (nSPS) is 17.5. The number of amides is 1. The number of carbonyl (C=O) groups is 1. The Morgan fingerprint density at radius 1 is 1.09 bits per heavy atom. The highest BCUT2D eigenvalue weighted by atomic mass is 16.5. The van der Waals surface area contributed by atoms with Crippen LogP contribution in [-0.4, -0.2) is 13.0 Å². The topological polar surface area (TPSA) is 41.6 Å². The molecule has 0 unspecified atom stereocenters. The largest absolute Gasteiger partial charge is 0.497 e. The van der Waals surface area contributed by atoms with Crippen molar-refractivity contribution >= 4 is 11.6 Å². The molecule has 1 fully saturated rings. The molecule has 1 amide bonds. The van der Waals surface area contributed by atoms with Crippen molar-refractivity contribution in [2.24, 2.45) is 0 Å². The van der Waals surface area contributed by atoms with Crippen LogP contribution in [0.2, 0.25) is 0 Å². The standard InChI is InChI=1S/C19H22N2O2/c1-13(2)14-4-8-16(9-5-14)21-18(12-19(22)20-21)15-6-10-17(23-3)11-7-15/h4-11,13,18H,12H2,1-3H3,(H,20,22)/t18-/m1/s1. The first-order valence-electron chi connectivity index (χ1n) is 7.91. The van der Waals surface area contributed by atoms with Gasteiger partial charge in [-0.05, 0) is 41.3 Å². The second kappa shape index (κ2) is 6.32. The van der Waals surface area contributed by atoms with Crippen molar-refractivity contribution in [3.05, 3.63) is 59.7 Å². The van der Waals surface area contributed by atoms with Crippen molar-refractivity contribution in [3.63, 3.8) is 0 Å². The molecule has 120 valence electrons. The van der Waals surface area contributed by atoms with Gasteiger partial charge in [-0.15, -0.1) is 0 Å². The highest BCUT2D eigenvalue weighted by molar-refractivity contribution is 5.83. The Labute approximate surface area is 137 Å². The van der Waals surface area contributed by atoms with E-state index in [0.29, 0.717) is 12.3 Å². The molecule has 1 atom stereocenters. The molecule has 1 saturated heterocycles. The molecule has 1 heterocycles. The summed E-state index contributed by atoms with van der Waals surface area (Å²) in [6.07, 6.45) is 0.457. The summed E-state index contributed by atoms with van der Waals surface area (Å²) in [5.41, 5.74) is 6.35. The second-order valence-electron chi connectivity index (χ2n) is 6.14. The van der Waals surface area contributed by atoms with Gasteiger partial charge in [-0.25, -0.2) is 0 Å². The zero-order valence-corrected chi connectivity index (χ0v) is 13.7. The number of nitrogens with one attached hydrogen (secondary N) is 1. The second-order valence-corrected chi connectivity index (χ2v) is 6.14. The molecule has 2 aromatic rings.